The Kier molecular flexibility index (Phi) is 4.45. The quantitative estimate of drug-likeness (QED) is 0.628. The van der Waals surface area contributed by atoms with Crippen LogP contribution in [0.5, 0.6) is 0 Å². The molecule has 7 nitrogen and oxygen atoms in total. The Morgan fingerprint density at radius 3 is 2.70 bits per heavy atom. The van der Waals surface area contributed by atoms with Crippen LogP contribution in [0.1, 0.15) is 32.1 Å². The van der Waals surface area contributed by atoms with Crippen molar-refractivity contribution in [3.05, 3.63) is 38.8 Å². The van der Waals surface area contributed by atoms with E-state index < -0.39 is 10.5 Å². The van der Waals surface area contributed by atoms with Crippen molar-refractivity contribution in [3.8, 4) is 0 Å². The van der Waals surface area contributed by atoms with Crippen LogP contribution in [0.25, 0.3) is 0 Å². The normalized spacial score (nSPS) is 24.1. The summed E-state index contributed by atoms with van der Waals surface area (Å²) in [6.07, 6.45) is 7.13. The molecule has 2 fully saturated rings. The van der Waals surface area contributed by atoms with Gasteiger partial charge in [-0.25, -0.2) is 0 Å². The van der Waals surface area contributed by atoms with E-state index in [0.29, 0.717) is 5.92 Å². The van der Waals surface area contributed by atoms with E-state index in [4.69, 9.17) is 0 Å². The second-order valence-corrected chi connectivity index (χ2v) is 6.54. The topological polar surface area (TPSA) is 85.5 Å². The van der Waals surface area contributed by atoms with Crippen LogP contribution < -0.4 is 5.56 Å². The van der Waals surface area contributed by atoms with E-state index in [1.54, 1.807) is 0 Å². The first kappa shape index (κ1) is 15.7. The molecule has 2 atom stereocenters. The second kappa shape index (κ2) is 6.52. The second-order valence-electron chi connectivity index (χ2n) is 6.54. The van der Waals surface area contributed by atoms with Crippen LogP contribution in [-0.4, -0.2) is 33.4 Å². The molecule has 2 aliphatic rings. The first-order valence-corrected chi connectivity index (χ1v) is 8.17. The Balaban J connectivity index is 1.68. The lowest BCUT2D eigenvalue weighted by Gasteiger charge is -2.41. The first-order valence-electron chi connectivity index (χ1n) is 8.17. The number of aromatic nitrogens is 1. The third-order valence-corrected chi connectivity index (χ3v) is 5.13. The fourth-order valence-electron chi connectivity index (χ4n) is 3.82. The summed E-state index contributed by atoms with van der Waals surface area (Å²) in [7, 11) is 0. The molecule has 0 N–H and O–H groups in total. The lowest BCUT2D eigenvalue weighted by Crippen LogP contribution is -2.46. The molecule has 0 bridgehead atoms. The molecule has 1 aliphatic carbocycles. The van der Waals surface area contributed by atoms with Crippen molar-refractivity contribution in [1.29, 1.82) is 0 Å². The Morgan fingerprint density at radius 1 is 1.22 bits per heavy atom. The number of hydrogen-bond donors (Lipinski definition) is 0. The SMILES string of the molecule is O=C(Cn1cc([N+](=O)[O-])ccc1=O)N1CC[C@H]2CCCC[C@H]2C1. The van der Waals surface area contributed by atoms with Gasteiger partial charge in [-0.2, -0.15) is 0 Å². The predicted octanol–water partition coefficient (Wildman–Crippen LogP) is 1.80. The van der Waals surface area contributed by atoms with Gasteiger partial charge in [-0.05, 0) is 24.7 Å². The molecule has 1 aromatic rings. The fourth-order valence-corrected chi connectivity index (χ4v) is 3.82. The molecule has 0 unspecified atom stereocenters. The Morgan fingerprint density at radius 2 is 1.96 bits per heavy atom. The van der Waals surface area contributed by atoms with Crippen LogP contribution in [0.4, 0.5) is 5.69 Å². The molecule has 1 aromatic heterocycles. The van der Waals surface area contributed by atoms with E-state index in [9.17, 15) is 19.7 Å². The highest BCUT2D eigenvalue weighted by molar-refractivity contribution is 5.76. The van der Waals surface area contributed by atoms with E-state index in [1.807, 2.05) is 4.90 Å². The van der Waals surface area contributed by atoms with Gasteiger partial charge in [0.2, 0.25) is 5.91 Å². The highest BCUT2D eigenvalue weighted by Crippen LogP contribution is 2.36. The number of amides is 1. The molecular weight excluding hydrogens is 298 g/mol. The number of hydrogen-bond acceptors (Lipinski definition) is 4. The molecule has 23 heavy (non-hydrogen) atoms. The Labute approximate surface area is 134 Å². The molecular formula is C16H21N3O4. The minimum Gasteiger partial charge on any atom is -0.341 e. The van der Waals surface area contributed by atoms with Gasteiger partial charge in [0.1, 0.15) is 6.54 Å². The maximum absolute atomic E-state index is 12.5. The average Bonchev–Trinajstić information content (AvgIpc) is 2.56. The van der Waals surface area contributed by atoms with Gasteiger partial charge in [0.25, 0.3) is 11.2 Å². The van der Waals surface area contributed by atoms with Gasteiger partial charge in [0, 0.05) is 25.2 Å². The number of likely N-dealkylation sites (tertiary alicyclic amines) is 1. The maximum Gasteiger partial charge on any atom is 0.285 e. The van der Waals surface area contributed by atoms with Crippen molar-refractivity contribution in [3.63, 3.8) is 0 Å². The minimum atomic E-state index is -0.562. The predicted molar refractivity (Wildman–Crippen MR) is 84.0 cm³/mol. The maximum atomic E-state index is 12.5. The smallest absolute Gasteiger partial charge is 0.285 e. The standard InChI is InChI=1S/C16H21N3O4/c20-15-6-5-14(19(22)23)10-18(15)11-16(21)17-8-7-12-3-1-2-4-13(12)9-17/h5-6,10,12-13H,1-4,7-9,11H2/t12-,13+/m1/s1. The van der Waals surface area contributed by atoms with Gasteiger partial charge < -0.3 is 4.90 Å². The van der Waals surface area contributed by atoms with Crippen molar-refractivity contribution in [1.82, 2.24) is 9.47 Å². The van der Waals surface area contributed by atoms with E-state index >= 15 is 0 Å². The number of carbonyl (C=O) groups excluding carboxylic acids is 1. The number of rotatable bonds is 3. The van der Waals surface area contributed by atoms with Crippen LogP contribution in [0.15, 0.2) is 23.1 Å². The lowest BCUT2D eigenvalue weighted by atomic mass is 9.75. The highest BCUT2D eigenvalue weighted by Gasteiger charge is 2.32. The molecule has 1 saturated heterocycles. The largest absolute Gasteiger partial charge is 0.341 e. The monoisotopic (exact) mass is 319 g/mol. The first-order chi connectivity index (χ1) is 11.0. The van der Waals surface area contributed by atoms with E-state index in [1.165, 1.54) is 25.7 Å². The Bertz CT molecular complexity index is 670. The van der Waals surface area contributed by atoms with Gasteiger partial charge in [-0.3, -0.25) is 24.3 Å². The van der Waals surface area contributed by atoms with Crippen molar-refractivity contribution in [2.45, 2.75) is 38.6 Å². The van der Waals surface area contributed by atoms with Gasteiger partial charge in [-0.15, -0.1) is 0 Å². The van der Waals surface area contributed by atoms with Crippen LogP contribution in [0, 0.1) is 22.0 Å². The van der Waals surface area contributed by atoms with Crippen molar-refractivity contribution >= 4 is 11.6 Å². The molecule has 0 spiro atoms. The molecule has 3 rings (SSSR count). The summed E-state index contributed by atoms with van der Waals surface area (Å²) in [6, 6.07) is 2.30. The molecule has 0 aromatic carbocycles. The summed E-state index contributed by atoms with van der Waals surface area (Å²) in [5.74, 6) is 1.17. The molecule has 2 heterocycles. The molecule has 0 radical (unpaired) electrons. The zero-order valence-electron chi connectivity index (χ0n) is 13.0. The zero-order chi connectivity index (χ0) is 16.4. The number of nitro groups is 1. The Hall–Kier alpha value is -2.18. The van der Waals surface area contributed by atoms with E-state index in [0.717, 1.165) is 48.3 Å². The van der Waals surface area contributed by atoms with Crippen LogP contribution in [0.3, 0.4) is 0 Å². The number of piperidine rings is 1. The van der Waals surface area contributed by atoms with Crippen LogP contribution >= 0.6 is 0 Å². The van der Waals surface area contributed by atoms with Crippen molar-refractivity contribution in [2.24, 2.45) is 11.8 Å². The summed E-state index contributed by atoms with van der Waals surface area (Å²) < 4.78 is 1.13. The zero-order valence-corrected chi connectivity index (χ0v) is 13.0. The molecule has 124 valence electrons. The van der Waals surface area contributed by atoms with Crippen molar-refractivity contribution in [2.75, 3.05) is 13.1 Å². The summed E-state index contributed by atoms with van der Waals surface area (Å²) >= 11 is 0. The molecule has 1 saturated carbocycles. The van der Waals surface area contributed by atoms with Gasteiger partial charge in [0.15, 0.2) is 0 Å². The highest BCUT2D eigenvalue weighted by atomic mass is 16.6. The molecule has 1 amide bonds. The van der Waals surface area contributed by atoms with Crippen molar-refractivity contribution < 1.29 is 9.72 Å². The molecule has 1 aliphatic heterocycles. The summed E-state index contributed by atoms with van der Waals surface area (Å²) in [4.78, 5) is 36.3. The third-order valence-electron chi connectivity index (χ3n) is 5.13. The summed E-state index contributed by atoms with van der Waals surface area (Å²) in [5.41, 5.74) is -0.570. The number of fused-ring (bicyclic) bond motifs is 1. The van der Waals surface area contributed by atoms with Gasteiger partial charge in [0.05, 0.1) is 11.1 Å². The number of pyridine rings is 1. The van der Waals surface area contributed by atoms with E-state index in [-0.39, 0.29) is 18.1 Å². The van der Waals surface area contributed by atoms with Gasteiger partial charge in [-0.1, -0.05) is 19.3 Å². The van der Waals surface area contributed by atoms with E-state index in [2.05, 4.69) is 0 Å². The third kappa shape index (κ3) is 3.43. The fraction of sp³-hybridized carbons (Fsp3) is 0.625. The number of carbonyl (C=O) groups is 1. The van der Waals surface area contributed by atoms with Crippen LogP contribution in [0.2, 0.25) is 0 Å². The summed E-state index contributed by atoms with van der Waals surface area (Å²) in [6.45, 7) is 1.36. The average molecular weight is 319 g/mol. The number of nitrogens with zero attached hydrogens (tertiary/aromatic N) is 3. The lowest BCUT2D eigenvalue weighted by molar-refractivity contribution is -0.385. The summed E-state index contributed by atoms with van der Waals surface area (Å²) in [5, 5.41) is 10.8. The van der Waals surface area contributed by atoms with Gasteiger partial charge >= 0.3 is 0 Å². The van der Waals surface area contributed by atoms with Crippen LogP contribution in [-0.2, 0) is 11.3 Å². The molecule has 7 heteroatoms. The minimum absolute atomic E-state index is 0.127.